The molecule has 1 N–H and O–H groups in total. The maximum atomic E-state index is 12.6. The van der Waals surface area contributed by atoms with Crippen molar-refractivity contribution in [2.24, 2.45) is 5.41 Å². The summed E-state index contributed by atoms with van der Waals surface area (Å²) in [5.74, 6) is -0.178. The first-order valence-corrected chi connectivity index (χ1v) is 9.73. The Morgan fingerprint density at radius 1 is 1.07 bits per heavy atom. The summed E-state index contributed by atoms with van der Waals surface area (Å²) in [6, 6.07) is 15.4. The lowest BCUT2D eigenvalue weighted by atomic mass is 9.90. The van der Waals surface area contributed by atoms with E-state index >= 15 is 0 Å². The van der Waals surface area contributed by atoms with E-state index in [0.29, 0.717) is 12.8 Å². The summed E-state index contributed by atoms with van der Waals surface area (Å²) in [6.45, 7) is 6.37. The minimum Gasteiger partial charge on any atom is -0.347 e. The molecule has 0 aliphatic rings. The molecule has 0 aliphatic heterocycles. The van der Waals surface area contributed by atoms with Gasteiger partial charge in [0.05, 0.1) is 12.6 Å². The van der Waals surface area contributed by atoms with Crippen molar-refractivity contribution in [3.63, 3.8) is 0 Å². The number of pyridine rings is 1. The SMILES string of the molecule is CN(CC(=O)NC(Cc1ccccn1)c1ccccc1)C(=O)CCC(C)(C)C. The van der Waals surface area contributed by atoms with E-state index in [-0.39, 0.29) is 29.8 Å². The van der Waals surface area contributed by atoms with Crippen LogP contribution in [0.15, 0.2) is 54.7 Å². The summed E-state index contributed by atoms with van der Waals surface area (Å²) in [7, 11) is 1.68. The number of hydrogen-bond acceptors (Lipinski definition) is 3. The molecule has 0 aliphatic carbocycles. The fraction of sp³-hybridized carbons (Fsp3) is 0.435. The van der Waals surface area contributed by atoms with Crippen molar-refractivity contribution >= 4 is 11.8 Å². The molecular formula is C23H31N3O2. The minimum absolute atomic E-state index is 0.00828. The first kappa shape index (κ1) is 21.6. The predicted molar refractivity (Wildman–Crippen MR) is 112 cm³/mol. The van der Waals surface area contributed by atoms with Crippen LogP contribution in [0.2, 0.25) is 0 Å². The zero-order chi connectivity index (χ0) is 20.6. The quantitative estimate of drug-likeness (QED) is 0.757. The van der Waals surface area contributed by atoms with Crippen LogP contribution in [0.25, 0.3) is 0 Å². The van der Waals surface area contributed by atoms with Crippen molar-refractivity contribution in [1.82, 2.24) is 15.2 Å². The summed E-state index contributed by atoms with van der Waals surface area (Å²) in [6.07, 6.45) is 3.59. The molecule has 2 aromatic rings. The lowest BCUT2D eigenvalue weighted by molar-refractivity contribution is -0.135. The van der Waals surface area contributed by atoms with Crippen LogP contribution in [-0.2, 0) is 16.0 Å². The zero-order valence-electron chi connectivity index (χ0n) is 17.3. The van der Waals surface area contributed by atoms with Crippen molar-refractivity contribution in [3.05, 3.63) is 66.0 Å². The van der Waals surface area contributed by atoms with Gasteiger partial charge in [-0.15, -0.1) is 0 Å². The van der Waals surface area contributed by atoms with Crippen molar-refractivity contribution < 1.29 is 9.59 Å². The van der Waals surface area contributed by atoms with Gasteiger partial charge < -0.3 is 10.2 Å². The van der Waals surface area contributed by atoms with Crippen LogP contribution in [0.5, 0.6) is 0 Å². The summed E-state index contributed by atoms with van der Waals surface area (Å²) in [5, 5.41) is 3.07. The van der Waals surface area contributed by atoms with Gasteiger partial charge in [-0.3, -0.25) is 14.6 Å². The van der Waals surface area contributed by atoms with Gasteiger partial charge in [0.2, 0.25) is 11.8 Å². The van der Waals surface area contributed by atoms with Gasteiger partial charge in [-0.2, -0.15) is 0 Å². The van der Waals surface area contributed by atoms with E-state index < -0.39 is 0 Å². The summed E-state index contributed by atoms with van der Waals surface area (Å²) in [4.78, 5) is 30.8. The molecule has 0 spiro atoms. The maximum Gasteiger partial charge on any atom is 0.240 e. The van der Waals surface area contributed by atoms with Crippen LogP contribution in [0, 0.1) is 5.41 Å². The zero-order valence-corrected chi connectivity index (χ0v) is 17.3. The average molecular weight is 382 g/mol. The number of hydrogen-bond donors (Lipinski definition) is 1. The highest BCUT2D eigenvalue weighted by molar-refractivity contribution is 5.84. The molecule has 0 saturated heterocycles. The van der Waals surface area contributed by atoms with Gasteiger partial charge >= 0.3 is 0 Å². The smallest absolute Gasteiger partial charge is 0.240 e. The minimum atomic E-state index is -0.193. The lowest BCUT2D eigenvalue weighted by Crippen LogP contribution is -2.40. The molecule has 0 radical (unpaired) electrons. The molecular weight excluding hydrogens is 350 g/mol. The third kappa shape index (κ3) is 7.51. The topological polar surface area (TPSA) is 62.3 Å². The van der Waals surface area contributed by atoms with E-state index in [2.05, 4.69) is 31.1 Å². The molecule has 5 heteroatoms. The summed E-state index contributed by atoms with van der Waals surface area (Å²) < 4.78 is 0. The Hall–Kier alpha value is -2.69. The number of rotatable bonds is 8. The van der Waals surface area contributed by atoms with Crippen LogP contribution in [0.3, 0.4) is 0 Å². The molecule has 0 bridgehead atoms. The van der Waals surface area contributed by atoms with Crippen LogP contribution in [-0.4, -0.2) is 35.3 Å². The van der Waals surface area contributed by atoms with E-state index in [4.69, 9.17) is 0 Å². The molecule has 1 heterocycles. The van der Waals surface area contributed by atoms with Crippen molar-refractivity contribution in [2.75, 3.05) is 13.6 Å². The van der Waals surface area contributed by atoms with Crippen molar-refractivity contribution in [3.8, 4) is 0 Å². The van der Waals surface area contributed by atoms with E-state index in [9.17, 15) is 9.59 Å². The van der Waals surface area contributed by atoms with Gasteiger partial charge in [0.25, 0.3) is 0 Å². The molecule has 0 fully saturated rings. The number of nitrogens with one attached hydrogen (secondary N) is 1. The molecule has 2 rings (SSSR count). The number of nitrogens with zero attached hydrogens (tertiary/aromatic N) is 2. The Morgan fingerprint density at radius 3 is 2.36 bits per heavy atom. The summed E-state index contributed by atoms with van der Waals surface area (Å²) in [5.41, 5.74) is 2.02. The number of amides is 2. The fourth-order valence-electron chi connectivity index (χ4n) is 2.88. The molecule has 150 valence electrons. The van der Waals surface area contributed by atoms with Crippen molar-refractivity contribution in [1.29, 1.82) is 0 Å². The van der Waals surface area contributed by atoms with Crippen molar-refractivity contribution in [2.45, 2.75) is 46.1 Å². The third-order valence-corrected chi connectivity index (χ3v) is 4.57. The second-order valence-corrected chi connectivity index (χ2v) is 8.37. The number of carbonyl (C=O) groups is 2. The molecule has 1 atom stereocenters. The molecule has 1 aromatic carbocycles. The highest BCUT2D eigenvalue weighted by Crippen LogP contribution is 2.21. The van der Waals surface area contributed by atoms with Crippen LogP contribution in [0.1, 0.15) is 50.9 Å². The first-order chi connectivity index (χ1) is 13.2. The van der Waals surface area contributed by atoms with Crippen LogP contribution < -0.4 is 5.32 Å². The van der Waals surface area contributed by atoms with Crippen LogP contribution >= 0.6 is 0 Å². The Bertz CT molecular complexity index is 754. The number of likely N-dealkylation sites (N-methyl/N-ethyl adjacent to an activating group) is 1. The third-order valence-electron chi connectivity index (χ3n) is 4.57. The van der Waals surface area contributed by atoms with E-state index in [1.807, 2.05) is 48.5 Å². The molecule has 2 amide bonds. The fourth-order valence-corrected chi connectivity index (χ4v) is 2.88. The molecule has 1 aromatic heterocycles. The lowest BCUT2D eigenvalue weighted by Gasteiger charge is -2.23. The Balaban J connectivity index is 1.99. The highest BCUT2D eigenvalue weighted by Gasteiger charge is 2.20. The van der Waals surface area contributed by atoms with E-state index in [1.165, 1.54) is 4.90 Å². The number of benzene rings is 1. The van der Waals surface area contributed by atoms with Gasteiger partial charge in [0.15, 0.2) is 0 Å². The highest BCUT2D eigenvalue weighted by atomic mass is 16.2. The van der Waals surface area contributed by atoms with Crippen LogP contribution in [0.4, 0.5) is 0 Å². The first-order valence-electron chi connectivity index (χ1n) is 9.73. The second kappa shape index (κ2) is 10.0. The van der Waals surface area contributed by atoms with Gasteiger partial charge in [0, 0.05) is 31.8 Å². The maximum absolute atomic E-state index is 12.6. The van der Waals surface area contributed by atoms with Gasteiger partial charge in [-0.25, -0.2) is 0 Å². The Morgan fingerprint density at radius 2 is 1.75 bits per heavy atom. The average Bonchev–Trinajstić information content (AvgIpc) is 2.66. The molecule has 1 unspecified atom stereocenters. The van der Waals surface area contributed by atoms with Gasteiger partial charge in [0.1, 0.15) is 0 Å². The molecule has 5 nitrogen and oxygen atoms in total. The second-order valence-electron chi connectivity index (χ2n) is 8.37. The largest absolute Gasteiger partial charge is 0.347 e. The van der Waals surface area contributed by atoms with E-state index in [0.717, 1.165) is 17.7 Å². The standard InChI is InChI=1S/C23H31N3O2/c1-23(2,3)14-13-22(28)26(4)17-21(27)25-20(18-10-6-5-7-11-18)16-19-12-8-9-15-24-19/h5-12,15,20H,13-14,16-17H2,1-4H3,(H,25,27). The Labute approximate surface area is 168 Å². The normalized spacial score (nSPS) is 12.3. The van der Waals surface area contributed by atoms with Gasteiger partial charge in [-0.1, -0.05) is 57.2 Å². The summed E-state index contributed by atoms with van der Waals surface area (Å²) >= 11 is 0. The number of aromatic nitrogens is 1. The molecule has 0 saturated carbocycles. The Kier molecular flexibility index (Phi) is 7.73. The molecule has 28 heavy (non-hydrogen) atoms. The number of carbonyl (C=O) groups excluding carboxylic acids is 2. The monoisotopic (exact) mass is 381 g/mol. The van der Waals surface area contributed by atoms with Gasteiger partial charge in [-0.05, 0) is 29.5 Å². The van der Waals surface area contributed by atoms with E-state index in [1.54, 1.807) is 13.2 Å². The predicted octanol–water partition coefficient (Wildman–Crippen LogP) is 3.77.